The van der Waals surface area contributed by atoms with E-state index in [9.17, 15) is 4.79 Å². The quantitative estimate of drug-likeness (QED) is 0.646. The van der Waals surface area contributed by atoms with Crippen LogP contribution < -0.4 is 10.6 Å². The Morgan fingerprint density at radius 3 is 2.74 bits per heavy atom. The Kier molecular flexibility index (Phi) is 6.91. The lowest BCUT2D eigenvalue weighted by atomic mass is 10.0. The summed E-state index contributed by atoms with van der Waals surface area (Å²) in [6.07, 6.45) is 4.00. The van der Waals surface area contributed by atoms with Gasteiger partial charge < -0.3 is 15.5 Å². The van der Waals surface area contributed by atoms with Gasteiger partial charge in [-0.1, -0.05) is 30.3 Å². The van der Waals surface area contributed by atoms with Crippen molar-refractivity contribution in [2.45, 2.75) is 45.2 Å². The van der Waals surface area contributed by atoms with Crippen LogP contribution in [0, 0.1) is 0 Å². The first-order chi connectivity index (χ1) is 11.2. The maximum Gasteiger partial charge on any atom is 0.224 e. The summed E-state index contributed by atoms with van der Waals surface area (Å²) in [4.78, 5) is 18.5. The average Bonchev–Trinajstić information content (AvgIpc) is 2.59. The third-order valence-electron chi connectivity index (χ3n) is 4.28. The molecule has 2 rings (SSSR count). The van der Waals surface area contributed by atoms with Gasteiger partial charge in [0.05, 0.1) is 0 Å². The number of amides is 1. The van der Waals surface area contributed by atoms with Gasteiger partial charge in [0.1, 0.15) is 0 Å². The first-order valence-electron chi connectivity index (χ1n) is 8.48. The van der Waals surface area contributed by atoms with E-state index in [2.05, 4.69) is 34.7 Å². The monoisotopic (exact) mass is 316 g/mol. The van der Waals surface area contributed by atoms with Crippen LogP contribution in [-0.2, 0) is 11.3 Å². The largest absolute Gasteiger partial charge is 0.356 e. The van der Waals surface area contributed by atoms with Crippen LogP contribution >= 0.6 is 0 Å². The molecule has 2 N–H and O–H groups in total. The van der Waals surface area contributed by atoms with Crippen molar-refractivity contribution in [1.29, 1.82) is 0 Å². The van der Waals surface area contributed by atoms with E-state index in [1.165, 1.54) is 12.0 Å². The predicted molar refractivity (Wildman–Crippen MR) is 94.3 cm³/mol. The number of nitrogens with zero attached hydrogens (tertiary/aromatic N) is 2. The summed E-state index contributed by atoms with van der Waals surface area (Å²) in [5, 5.41) is 6.48. The molecule has 5 heteroatoms. The molecule has 0 saturated carbocycles. The van der Waals surface area contributed by atoms with Gasteiger partial charge in [-0.25, -0.2) is 0 Å². The Morgan fingerprint density at radius 2 is 2.04 bits per heavy atom. The summed E-state index contributed by atoms with van der Waals surface area (Å²) in [5.74, 6) is 0.969. The minimum absolute atomic E-state index is 0.239. The number of nitrogens with one attached hydrogen (secondary N) is 2. The molecule has 1 aliphatic rings. The SMILES string of the molecule is CN=C(NCCC(=O)N1CCCCC1C)NCc1ccccc1. The van der Waals surface area contributed by atoms with Crippen molar-refractivity contribution in [3.8, 4) is 0 Å². The number of carbonyl (C=O) groups excluding carboxylic acids is 1. The van der Waals surface area contributed by atoms with Gasteiger partial charge in [-0.2, -0.15) is 0 Å². The van der Waals surface area contributed by atoms with Crippen molar-refractivity contribution in [3.05, 3.63) is 35.9 Å². The highest BCUT2D eigenvalue weighted by molar-refractivity contribution is 5.81. The first-order valence-corrected chi connectivity index (χ1v) is 8.48. The Labute approximate surface area is 139 Å². The second-order valence-corrected chi connectivity index (χ2v) is 6.02. The van der Waals surface area contributed by atoms with Gasteiger partial charge in [-0.3, -0.25) is 9.79 Å². The molecule has 1 heterocycles. The van der Waals surface area contributed by atoms with Crippen LogP contribution in [0.15, 0.2) is 35.3 Å². The molecular weight excluding hydrogens is 288 g/mol. The highest BCUT2D eigenvalue weighted by atomic mass is 16.2. The summed E-state index contributed by atoms with van der Waals surface area (Å²) in [5.41, 5.74) is 1.20. The fourth-order valence-corrected chi connectivity index (χ4v) is 2.90. The van der Waals surface area contributed by atoms with Crippen LogP contribution in [0.1, 0.15) is 38.2 Å². The van der Waals surface area contributed by atoms with Crippen LogP contribution in [0.25, 0.3) is 0 Å². The molecule has 1 aliphatic heterocycles. The fraction of sp³-hybridized carbons (Fsp3) is 0.556. The number of likely N-dealkylation sites (tertiary alicyclic amines) is 1. The zero-order valence-corrected chi connectivity index (χ0v) is 14.2. The fourth-order valence-electron chi connectivity index (χ4n) is 2.90. The minimum Gasteiger partial charge on any atom is -0.356 e. The number of piperidine rings is 1. The Morgan fingerprint density at radius 1 is 1.26 bits per heavy atom. The van der Waals surface area contributed by atoms with E-state index in [1.54, 1.807) is 7.05 Å². The Balaban J connectivity index is 1.70. The zero-order valence-electron chi connectivity index (χ0n) is 14.2. The van der Waals surface area contributed by atoms with E-state index in [0.717, 1.165) is 31.9 Å². The lowest BCUT2D eigenvalue weighted by Gasteiger charge is -2.33. The van der Waals surface area contributed by atoms with Gasteiger partial charge in [0.2, 0.25) is 5.91 Å². The molecule has 5 nitrogen and oxygen atoms in total. The molecule has 23 heavy (non-hydrogen) atoms. The standard InChI is InChI=1S/C18H28N4O/c1-15-8-6-7-13-22(15)17(23)11-12-20-18(19-2)21-14-16-9-4-3-5-10-16/h3-5,9-10,15H,6-8,11-14H2,1-2H3,(H2,19,20,21). The summed E-state index contributed by atoms with van der Waals surface area (Å²) < 4.78 is 0. The molecule has 1 amide bonds. The second-order valence-electron chi connectivity index (χ2n) is 6.02. The van der Waals surface area contributed by atoms with Crippen LogP contribution in [0.4, 0.5) is 0 Å². The first kappa shape index (κ1) is 17.3. The topological polar surface area (TPSA) is 56.7 Å². The lowest BCUT2D eigenvalue weighted by Crippen LogP contribution is -2.44. The van der Waals surface area contributed by atoms with Gasteiger partial charge >= 0.3 is 0 Å². The molecule has 1 unspecified atom stereocenters. The molecule has 0 aromatic heterocycles. The number of rotatable bonds is 5. The van der Waals surface area contributed by atoms with Crippen molar-refractivity contribution < 1.29 is 4.79 Å². The number of guanidine groups is 1. The van der Waals surface area contributed by atoms with Crippen molar-refractivity contribution >= 4 is 11.9 Å². The van der Waals surface area contributed by atoms with Gasteiger partial charge in [0.15, 0.2) is 5.96 Å². The van der Waals surface area contributed by atoms with Crippen molar-refractivity contribution in [2.75, 3.05) is 20.1 Å². The number of aliphatic imine (C=N–C) groups is 1. The van der Waals surface area contributed by atoms with Crippen LogP contribution in [-0.4, -0.2) is 42.9 Å². The number of benzene rings is 1. The van der Waals surface area contributed by atoms with E-state index in [4.69, 9.17) is 0 Å². The maximum atomic E-state index is 12.3. The highest BCUT2D eigenvalue weighted by Gasteiger charge is 2.22. The van der Waals surface area contributed by atoms with E-state index in [1.807, 2.05) is 23.1 Å². The normalized spacial score (nSPS) is 18.6. The molecule has 1 aromatic rings. The van der Waals surface area contributed by atoms with Crippen LogP contribution in [0.3, 0.4) is 0 Å². The molecule has 126 valence electrons. The van der Waals surface area contributed by atoms with E-state index >= 15 is 0 Å². The molecule has 0 spiro atoms. The number of hydrogen-bond acceptors (Lipinski definition) is 2. The average molecular weight is 316 g/mol. The Hall–Kier alpha value is -2.04. The molecular formula is C18H28N4O. The van der Waals surface area contributed by atoms with Crippen molar-refractivity contribution in [1.82, 2.24) is 15.5 Å². The zero-order chi connectivity index (χ0) is 16.5. The number of hydrogen-bond donors (Lipinski definition) is 2. The summed E-state index contributed by atoms with van der Waals surface area (Å²) in [6.45, 7) is 4.37. The molecule has 0 bridgehead atoms. The van der Waals surface area contributed by atoms with Crippen LogP contribution in [0.5, 0.6) is 0 Å². The minimum atomic E-state index is 0.239. The summed E-state index contributed by atoms with van der Waals surface area (Å²) >= 11 is 0. The number of carbonyl (C=O) groups is 1. The van der Waals surface area contributed by atoms with E-state index in [-0.39, 0.29) is 5.91 Å². The predicted octanol–water partition coefficient (Wildman–Crippen LogP) is 2.14. The van der Waals surface area contributed by atoms with Gasteiger partial charge in [-0.15, -0.1) is 0 Å². The summed E-state index contributed by atoms with van der Waals surface area (Å²) in [7, 11) is 1.74. The van der Waals surface area contributed by atoms with Crippen molar-refractivity contribution in [2.24, 2.45) is 4.99 Å². The third-order valence-corrected chi connectivity index (χ3v) is 4.28. The van der Waals surface area contributed by atoms with Gasteiger partial charge in [0.25, 0.3) is 0 Å². The molecule has 1 fully saturated rings. The Bertz CT molecular complexity index is 515. The maximum absolute atomic E-state index is 12.3. The van der Waals surface area contributed by atoms with Gasteiger partial charge in [-0.05, 0) is 31.7 Å². The third kappa shape index (κ3) is 5.58. The van der Waals surface area contributed by atoms with E-state index < -0.39 is 0 Å². The molecule has 1 aromatic carbocycles. The van der Waals surface area contributed by atoms with Crippen LogP contribution in [0.2, 0.25) is 0 Å². The lowest BCUT2D eigenvalue weighted by molar-refractivity contribution is -0.134. The molecule has 1 saturated heterocycles. The smallest absolute Gasteiger partial charge is 0.224 e. The summed E-state index contributed by atoms with van der Waals surface area (Å²) in [6, 6.07) is 10.6. The molecule has 0 aliphatic carbocycles. The van der Waals surface area contributed by atoms with Crippen molar-refractivity contribution in [3.63, 3.8) is 0 Å². The van der Waals surface area contributed by atoms with Gasteiger partial charge in [0, 0.05) is 39.1 Å². The highest BCUT2D eigenvalue weighted by Crippen LogP contribution is 2.16. The molecule has 1 atom stereocenters. The molecule has 0 radical (unpaired) electrons. The van der Waals surface area contributed by atoms with E-state index in [0.29, 0.717) is 19.0 Å². The second kappa shape index (κ2) is 9.18.